The number of hydrogen-bond acceptors (Lipinski definition) is 5. The molecule has 0 aromatic heterocycles. The summed E-state index contributed by atoms with van der Waals surface area (Å²) in [7, 11) is 1.42. The first kappa shape index (κ1) is 23.5. The van der Waals surface area contributed by atoms with Crippen LogP contribution in [0.5, 0.6) is 0 Å². The highest BCUT2D eigenvalue weighted by Gasteiger charge is 2.24. The normalized spacial score (nSPS) is 11.5. The molecule has 0 heterocycles. The lowest BCUT2D eigenvalue weighted by molar-refractivity contribution is 0.0600. The second-order valence-electron chi connectivity index (χ2n) is 6.73. The predicted octanol–water partition coefficient (Wildman–Crippen LogP) is 4.07. The molecule has 0 radical (unpaired) electrons. The molecule has 0 fully saturated rings. The topological polar surface area (TPSA) is 66.9 Å². The number of benzene rings is 2. The third-order valence-corrected chi connectivity index (χ3v) is 6.94. The number of ether oxygens (including phenoxy) is 1. The summed E-state index contributed by atoms with van der Waals surface area (Å²) >= 11 is 12.4. The minimum absolute atomic E-state index is 0.0257. The zero-order valence-corrected chi connectivity index (χ0v) is 18.9. The van der Waals surface area contributed by atoms with Crippen LogP contribution < -0.4 is 4.31 Å². The van der Waals surface area contributed by atoms with Gasteiger partial charge in [0.1, 0.15) is 0 Å². The van der Waals surface area contributed by atoms with Crippen molar-refractivity contribution in [3.63, 3.8) is 0 Å². The quantitative estimate of drug-likeness (QED) is 0.529. The molecular weight excluding hydrogens is 435 g/mol. The second-order valence-corrected chi connectivity index (χ2v) is 9.53. The summed E-state index contributed by atoms with van der Waals surface area (Å²) in [6.07, 6.45) is 0.482. The van der Waals surface area contributed by atoms with Crippen LogP contribution in [0.3, 0.4) is 0 Å². The van der Waals surface area contributed by atoms with Gasteiger partial charge in [0, 0.05) is 0 Å². The Morgan fingerprint density at radius 1 is 1.07 bits per heavy atom. The van der Waals surface area contributed by atoms with Crippen molar-refractivity contribution < 1.29 is 17.9 Å². The summed E-state index contributed by atoms with van der Waals surface area (Å²) in [6, 6.07) is 11.3. The largest absolute Gasteiger partial charge is 0.465 e. The van der Waals surface area contributed by atoms with Crippen molar-refractivity contribution in [2.24, 2.45) is 0 Å². The Hall–Kier alpha value is -1.80. The Labute approximate surface area is 182 Å². The van der Waals surface area contributed by atoms with E-state index >= 15 is 0 Å². The van der Waals surface area contributed by atoms with Gasteiger partial charge in [0.15, 0.2) is 0 Å². The molecule has 0 aliphatic carbocycles. The van der Waals surface area contributed by atoms with Crippen LogP contribution in [-0.4, -0.2) is 52.8 Å². The van der Waals surface area contributed by atoms with Gasteiger partial charge in [-0.15, -0.1) is 0 Å². The molecule has 0 aliphatic heterocycles. The molecule has 0 saturated heterocycles. The van der Waals surface area contributed by atoms with Crippen molar-refractivity contribution in [1.29, 1.82) is 0 Å². The minimum atomic E-state index is -3.65. The van der Waals surface area contributed by atoms with Gasteiger partial charge in [-0.05, 0) is 63.0 Å². The number of carbonyl (C=O) groups excluding carboxylic acids is 1. The molecule has 0 saturated carbocycles. The average molecular weight is 459 g/mol. The van der Waals surface area contributed by atoms with Crippen LogP contribution in [-0.2, 0) is 21.3 Å². The van der Waals surface area contributed by atoms with Gasteiger partial charge in [0.05, 0.1) is 40.7 Å². The molecular formula is C20H24Cl2N2O4S. The Morgan fingerprint density at radius 2 is 1.72 bits per heavy atom. The molecule has 9 heteroatoms. The predicted molar refractivity (Wildman–Crippen MR) is 117 cm³/mol. The smallest absolute Gasteiger partial charge is 0.337 e. The first-order chi connectivity index (χ1) is 13.7. The van der Waals surface area contributed by atoms with Gasteiger partial charge >= 0.3 is 5.97 Å². The molecule has 6 nitrogen and oxygen atoms in total. The molecule has 29 heavy (non-hydrogen) atoms. The third-order valence-electron chi connectivity index (χ3n) is 4.27. The molecule has 2 aromatic carbocycles. The molecule has 0 spiro atoms. The van der Waals surface area contributed by atoms with Crippen molar-refractivity contribution in [2.75, 3.05) is 37.8 Å². The highest BCUT2D eigenvalue weighted by Crippen LogP contribution is 2.30. The number of anilines is 1. The Balaban J connectivity index is 2.39. The molecule has 0 bridgehead atoms. The van der Waals surface area contributed by atoms with E-state index in [1.807, 2.05) is 19.0 Å². The number of nitrogens with zero attached hydrogens (tertiary/aromatic N) is 2. The van der Waals surface area contributed by atoms with Gasteiger partial charge in [0.25, 0.3) is 0 Å². The Morgan fingerprint density at radius 3 is 2.31 bits per heavy atom. The van der Waals surface area contributed by atoms with E-state index in [0.717, 1.165) is 0 Å². The first-order valence-corrected chi connectivity index (χ1v) is 11.3. The van der Waals surface area contributed by atoms with Crippen molar-refractivity contribution in [1.82, 2.24) is 4.90 Å². The van der Waals surface area contributed by atoms with Crippen LogP contribution in [0.4, 0.5) is 5.69 Å². The SMILES string of the molecule is COC(=O)c1ccc(N(Cc2cccc(Cl)c2Cl)S(=O)(=O)CCCN(C)C)cc1. The van der Waals surface area contributed by atoms with E-state index in [0.29, 0.717) is 39.8 Å². The zero-order chi connectivity index (χ0) is 21.6. The number of carbonyl (C=O) groups is 1. The maximum Gasteiger partial charge on any atom is 0.337 e. The monoisotopic (exact) mass is 458 g/mol. The van der Waals surface area contributed by atoms with Crippen LogP contribution in [0.25, 0.3) is 0 Å². The lowest BCUT2D eigenvalue weighted by atomic mass is 10.2. The van der Waals surface area contributed by atoms with Gasteiger partial charge in [0.2, 0.25) is 10.0 Å². The summed E-state index contributed by atoms with van der Waals surface area (Å²) in [6.45, 7) is 0.674. The van der Waals surface area contributed by atoms with Crippen LogP contribution in [0.15, 0.2) is 42.5 Å². The number of methoxy groups -OCH3 is 1. The molecule has 0 N–H and O–H groups in total. The summed E-state index contributed by atoms with van der Waals surface area (Å²) in [5.41, 5.74) is 1.35. The van der Waals surface area contributed by atoms with E-state index in [1.54, 1.807) is 30.3 Å². The average Bonchev–Trinajstić information content (AvgIpc) is 2.68. The first-order valence-electron chi connectivity index (χ1n) is 8.92. The molecule has 0 aliphatic rings. The van der Waals surface area contributed by atoms with Gasteiger partial charge < -0.3 is 9.64 Å². The Bertz CT molecular complexity index is 947. The van der Waals surface area contributed by atoms with Crippen LogP contribution >= 0.6 is 23.2 Å². The second kappa shape index (κ2) is 10.3. The fraction of sp³-hybridized carbons (Fsp3) is 0.350. The van der Waals surface area contributed by atoms with Crippen molar-refractivity contribution in [2.45, 2.75) is 13.0 Å². The summed E-state index contributed by atoms with van der Waals surface area (Å²) in [5.74, 6) is -0.517. The summed E-state index contributed by atoms with van der Waals surface area (Å²) < 4.78 is 32.2. The van der Waals surface area contributed by atoms with Crippen LogP contribution in [0.2, 0.25) is 10.0 Å². The van der Waals surface area contributed by atoms with Gasteiger partial charge in [-0.1, -0.05) is 35.3 Å². The molecule has 0 unspecified atom stereocenters. The molecule has 0 atom stereocenters. The number of halogens is 2. The van der Waals surface area contributed by atoms with Gasteiger partial charge in [-0.2, -0.15) is 0 Å². The number of sulfonamides is 1. The van der Waals surface area contributed by atoms with Crippen LogP contribution in [0.1, 0.15) is 22.3 Å². The van der Waals surface area contributed by atoms with Crippen molar-refractivity contribution >= 4 is 44.9 Å². The summed E-state index contributed by atoms with van der Waals surface area (Å²) in [5, 5.41) is 0.670. The standard InChI is InChI=1S/C20H24Cl2N2O4S/c1-23(2)12-5-13-29(26,27)24(14-16-6-4-7-18(21)19(16)22)17-10-8-15(9-11-17)20(25)28-3/h4,6-11H,5,12-14H2,1-3H3. The zero-order valence-electron chi connectivity index (χ0n) is 16.6. The highest BCUT2D eigenvalue weighted by molar-refractivity contribution is 7.92. The number of esters is 1. The van der Waals surface area contributed by atoms with E-state index in [1.165, 1.54) is 23.5 Å². The van der Waals surface area contributed by atoms with E-state index < -0.39 is 16.0 Å². The maximum atomic E-state index is 13.1. The third kappa shape index (κ3) is 6.34. The fourth-order valence-corrected chi connectivity index (χ4v) is 4.60. The van der Waals surface area contributed by atoms with Gasteiger partial charge in [-0.3, -0.25) is 4.31 Å². The Kier molecular flexibility index (Phi) is 8.34. The number of rotatable bonds is 9. The van der Waals surface area contributed by atoms with E-state index in [2.05, 4.69) is 0 Å². The highest BCUT2D eigenvalue weighted by atomic mass is 35.5. The van der Waals surface area contributed by atoms with Gasteiger partial charge in [-0.25, -0.2) is 13.2 Å². The lowest BCUT2D eigenvalue weighted by Gasteiger charge is -2.26. The minimum Gasteiger partial charge on any atom is -0.465 e. The molecule has 0 amide bonds. The lowest BCUT2D eigenvalue weighted by Crippen LogP contribution is -2.33. The van der Waals surface area contributed by atoms with E-state index in [-0.39, 0.29) is 12.3 Å². The van der Waals surface area contributed by atoms with Crippen molar-refractivity contribution in [3.8, 4) is 0 Å². The summed E-state index contributed by atoms with van der Waals surface area (Å²) in [4.78, 5) is 13.6. The fourth-order valence-electron chi connectivity index (χ4n) is 2.73. The molecule has 158 valence electrons. The molecule has 2 aromatic rings. The van der Waals surface area contributed by atoms with Crippen molar-refractivity contribution in [3.05, 3.63) is 63.6 Å². The van der Waals surface area contributed by atoms with E-state index in [9.17, 15) is 13.2 Å². The van der Waals surface area contributed by atoms with Crippen LogP contribution in [0, 0.1) is 0 Å². The molecule has 2 rings (SSSR count). The van der Waals surface area contributed by atoms with E-state index in [4.69, 9.17) is 27.9 Å². The number of hydrogen-bond donors (Lipinski definition) is 0. The maximum absolute atomic E-state index is 13.1.